The second kappa shape index (κ2) is 10.2. The molecule has 4 rings (SSSR count). The summed E-state index contributed by atoms with van der Waals surface area (Å²) in [6.45, 7) is 1.93. The molecule has 0 aliphatic carbocycles. The Balaban J connectivity index is 1.53. The van der Waals surface area contributed by atoms with Crippen LogP contribution in [0.3, 0.4) is 0 Å². The minimum absolute atomic E-state index is 0.150. The fraction of sp³-hybridized carbons (Fsp3) is 0.0769. The highest BCUT2D eigenvalue weighted by Crippen LogP contribution is 2.29. The van der Waals surface area contributed by atoms with Crippen LogP contribution in [0.15, 0.2) is 66.2 Å². The lowest BCUT2D eigenvalue weighted by Gasteiger charge is -2.26. The van der Waals surface area contributed by atoms with Gasteiger partial charge in [0.2, 0.25) is 0 Å². The number of barbiturate groups is 1. The van der Waals surface area contributed by atoms with Crippen molar-refractivity contribution in [1.29, 1.82) is 0 Å². The summed E-state index contributed by atoms with van der Waals surface area (Å²) in [5.74, 6) is -2.30. The van der Waals surface area contributed by atoms with Gasteiger partial charge in [-0.25, -0.2) is 14.5 Å². The van der Waals surface area contributed by atoms with Gasteiger partial charge >= 0.3 is 12.0 Å². The Morgan fingerprint density at radius 3 is 2.36 bits per heavy atom. The maximum Gasteiger partial charge on any atom is 0.335 e. The zero-order chi connectivity index (χ0) is 26.0. The van der Waals surface area contributed by atoms with E-state index in [1.807, 2.05) is 0 Å². The molecular formula is C26H18Cl2N2O6. The number of carboxylic acids is 1. The van der Waals surface area contributed by atoms with E-state index in [1.54, 1.807) is 43.3 Å². The number of hydrogen-bond acceptors (Lipinski definition) is 5. The van der Waals surface area contributed by atoms with E-state index in [0.717, 1.165) is 16.0 Å². The molecule has 0 unspecified atom stereocenters. The number of nitrogens with zero attached hydrogens (tertiary/aromatic N) is 1. The summed E-state index contributed by atoms with van der Waals surface area (Å²) in [5.41, 5.74) is 2.09. The average Bonchev–Trinajstić information content (AvgIpc) is 2.83. The minimum Gasteiger partial charge on any atom is -0.487 e. The normalized spacial score (nSPS) is 14.7. The zero-order valence-corrected chi connectivity index (χ0v) is 20.3. The van der Waals surface area contributed by atoms with Gasteiger partial charge in [-0.3, -0.25) is 14.9 Å². The van der Waals surface area contributed by atoms with Crippen LogP contribution in [0.5, 0.6) is 5.75 Å². The summed E-state index contributed by atoms with van der Waals surface area (Å²) in [5, 5.41) is 11.7. The van der Waals surface area contributed by atoms with Gasteiger partial charge < -0.3 is 9.84 Å². The third kappa shape index (κ3) is 5.25. The number of benzene rings is 3. The van der Waals surface area contributed by atoms with Gasteiger partial charge in [0, 0.05) is 5.02 Å². The molecule has 0 bridgehead atoms. The summed E-state index contributed by atoms with van der Waals surface area (Å²) < 4.78 is 5.71. The van der Waals surface area contributed by atoms with Crippen molar-refractivity contribution in [2.24, 2.45) is 0 Å². The molecule has 8 nitrogen and oxygen atoms in total. The predicted octanol–water partition coefficient (Wildman–Crippen LogP) is 5.25. The average molecular weight is 525 g/mol. The number of ether oxygens (including phenoxy) is 1. The molecule has 0 atom stereocenters. The summed E-state index contributed by atoms with van der Waals surface area (Å²) in [4.78, 5) is 49.7. The molecule has 36 heavy (non-hydrogen) atoms. The Bertz CT molecular complexity index is 1430. The maximum absolute atomic E-state index is 13.1. The summed E-state index contributed by atoms with van der Waals surface area (Å²) in [6.07, 6.45) is 1.33. The Morgan fingerprint density at radius 1 is 1.00 bits per heavy atom. The highest BCUT2D eigenvalue weighted by atomic mass is 35.5. The molecule has 1 fully saturated rings. The van der Waals surface area contributed by atoms with Gasteiger partial charge in [-0.15, -0.1) is 0 Å². The van der Waals surface area contributed by atoms with Crippen LogP contribution in [0, 0.1) is 6.92 Å². The first-order valence-corrected chi connectivity index (χ1v) is 11.3. The SMILES string of the molecule is Cc1ccc(N2C(=O)NC(=O)/C(=C\c3ccc(OCc4ccc(C(=O)O)cc4)c(Cl)c3)C2=O)cc1Cl. The highest BCUT2D eigenvalue weighted by molar-refractivity contribution is 6.39. The molecule has 1 heterocycles. The number of urea groups is 1. The number of nitrogens with one attached hydrogen (secondary N) is 1. The highest BCUT2D eigenvalue weighted by Gasteiger charge is 2.37. The van der Waals surface area contributed by atoms with E-state index >= 15 is 0 Å². The predicted molar refractivity (Wildman–Crippen MR) is 134 cm³/mol. The van der Waals surface area contributed by atoms with Gasteiger partial charge in [0.15, 0.2) is 0 Å². The molecule has 1 aliphatic rings. The molecule has 3 aromatic carbocycles. The minimum atomic E-state index is -1.02. The number of hydrogen-bond donors (Lipinski definition) is 2. The van der Waals surface area contributed by atoms with Crippen LogP contribution in [0.2, 0.25) is 10.0 Å². The topological polar surface area (TPSA) is 113 Å². The lowest BCUT2D eigenvalue weighted by atomic mass is 10.1. The number of halogens is 2. The number of amides is 4. The zero-order valence-electron chi connectivity index (χ0n) is 18.7. The molecule has 0 radical (unpaired) electrons. The van der Waals surface area contributed by atoms with Crippen LogP contribution in [0.1, 0.15) is 27.0 Å². The second-order valence-corrected chi connectivity index (χ2v) is 8.69. The van der Waals surface area contributed by atoms with E-state index in [-0.39, 0.29) is 28.5 Å². The Hall–Kier alpha value is -4.14. The first-order chi connectivity index (χ1) is 17.1. The van der Waals surface area contributed by atoms with Crippen molar-refractivity contribution in [1.82, 2.24) is 5.32 Å². The summed E-state index contributed by atoms with van der Waals surface area (Å²) in [7, 11) is 0. The van der Waals surface area contributed by atoms with E-state index in [2.05, 4.69) is 5.32 Å². The van der Waals surface area contributed by atoms with E-state index < -0.39 is 23.8 Å². The number of carbonyl (C=O) groups is 4. The van der Waals surface area contributed by atoms with Gasteiger partial charge in [0.1, 0.15) is 17.9 Å². The molecule has 0 spiro atoms. The van der Waals surface area contributed by atoms with Crippen LogP contribution >= 0.6 is 23.2 Å². The van der Waals surface area contributed by atoms with E-state index in [1.165, 1.54) is 30.3 Å². The molecule has 10 heteroatoms. The monoisotopic (exact) mass is 524 g/mol. The lowest BCUT2D eigenvalue weighted by Crippen LogP contribution is -2.54. The first kappa shape index (κ1) is 25.0. The van der Waals surface area contributed by atoms with Crippen molar-refractivity contribution in [3.8, 4) is 5.75 Å². The second-order valence-electron chi connectivity index (χ2n) is 7.87. The number of aromatic carboxylic acids is 1. The van der Waals surface area contributed by atoms with Crippen molar-refractivity contribution < 1.29 is 29.0 Å². The number of carboxylic acid groups (broad SMARTS) is 1. The number of aryl methyl sites for hydroxylation is 1. The van der Waals surface area contributed by atoms with Crippen LogP contribution < -0.4 is 15.0 Å². The number of imide groups is 2. The van der Waals surface area contributed by atoms with Gasteiger partial charge in [-0.1, -0.05) is 47.5 Å². The van der Waals surface area contributed by atoms with Crippen molar-refractivity contribution >= 4 is 58.8 Å². The molecule has 1 aliphatic heterocycles. The van der Waals surface area contributed by atoms with Crippen LogP contribution in [0.4, 0.5) is 10.5 Å². The van der Waals surface area contributed by atoms with E-state index in [9.17, 15) is 19.2 Å². The molecule has 3 aromatic rings. The van der Waals surface area contributed by atoms with Gasteiger partial charge in [0.25, 0.3) is 11.8 Å². The Labute approximate surface area is 215 Å². The molecule has 0 saturated carbocycles. The summed E-state index contributed by atoms with van der Waals surface area (Å²) >= 11 is 12.5. The van der Waals surface area contributed by atoms with Gasteiger partial charge in [0.05, 0.1) is 16.3 Å². The van der Waals surface area contributed by atoms with E-state index in [4.69, 9.17) is 33.0 Å². The van der Waals surface area contributed by atoms with Crippen molar-refractivity contribution in [3.05, 3.63) is 98.5 Å². The fourth-order valence-corrected chi connectivity index (χ4v) is 3.83. The van der Waals surface area contributed by atoms with Crippen LogP contribution in [-0.2, 0) is 16.2 Å². The van der Waals surface area contributed by atoms with Gasteiger partial charge in [-0.05, 0) is 66.1 Å². The van der Waals surface area contributed by atoms with Crippen LogP contribution in [0.25, 0.3) is 6.08 Å². The lowest BCUT2D eigenvalue weighted by molar-refractivity contribution is -0.122. The van der Waals surface area contributed by atoms with E-state index in [0.29, 0.717) is 16.3 Å². The first-order valence-electron chi connectivity index (χ1n) is 10.6. The summed E-state index contributed by atoms with van der Waals surface area (Å²) in [6, 6.07) is 14.7. The van der Waals surface area contributed by atoms with Crippen molar-refractivity contribution in [2.75, 3.05) is 4.90 Å². The van der Waals surface area contributed by atoms with Crippen LogP contribution in [-0.4, -0.2) is 28.9 Å². The van der Waals surface area contributed by atoms with Crippen molar-refractivity contribution in [3.63, 3.8) is 0 Å². The number of rotatable bonds is 6. The Morgan fingerprint density at radius 2 is 1.72 bits per heavy atom. The van der Waals surface area contributed by atoms with Crippen molar-refractivity contribution in [2.45, 2.75) is 13.5 Å². The molecule has 0 aromatic heterocycles. The molecule has 4 amide bonds. The standard InChI is InChI=1S/C26H18Cl2N2O6/c1-14-2-8-18(12-20(14)27)30-24(32)19(23(31)29-26(30)35)10-16-5-9-22(21(28)11-16)36-13-15-3-6-17(7-4-15)25(33)34/h2-12H,13H2,1H3,(H,33,34)(H,29,31,35)/b19-10+. The van der Waals surface area contributed by atoms with Gasteiger partial charge in [-0.2, -0.15) is 0 Å². The Kier molecular flexibility index (Phi) is 7.10. The quantitative estimate of drug-likeness (QED) is 0.336. The largest absolute Gasteiger partial charge is 0.487 e. The number of anilines is 1. The number of carbonyl (C=O) groups excluding carboxylic acids is 3. The molecular weight excluding hydrogens is 507 g/mol. The fourth-order valence-electron chi connectivity index (χ4n) is 3.41. The maximum atomic E-state index is 13.1. The molecule has 182 valence electrons. The smallest absolute Gasteiger partial charge is 0.335 e. The molecule has 1 saturated heterocycles. The molecule has 2 N–H and O–H groups in total. The third-order valence-corrected chi connectivity index (χ3v) is 6.08. The third-order valence-electron chi connectivity index (χ3n) is 5.38.